The molecular formula is C28H25N5O3. The summed E-state index contributed by atoms with van der Waals surface area (Å²) in [4.78, 5) is 46.0. The molecule has 0 atom stereocenters. The highest BCUT2D eigenvalue weighted by atomic mass is 16.2. The number of hydrogen-bond donors (Lipinski definition) is 3. The summed E-state index contributed by atoms with van der Waals surface area (Å²) in [5, 5.41) is 3.64. The number of carbonyl (C=O) groups excluding carboxylic acids is 3. The van der Waals surface area contributed by atoms with E-state index in [1.807, 2.05) is 60.7 Å². The Hall–Kier alpha value is -4.72. The monoisotopic (exact) mass is 479 g/mol. The number of amides is 3. The van der Waals surface area contributed by atoms with E-state index < -0.39 is 5.91 Å². The molecule has 180 valence electrons. The van der Waals surface area contributed by atoms with E-state index in [0.717, 1.165) is 40.7 Å². The number of H-pyrrole nitrogens is 1. The van der Waals surface area contributed by atoms with E-state index in [0.29, 0.717) is 23.3 Å². The van der Waals surface area contributed by atoms with Crippen molar-refractivity contribution < 1.29 is 14.4 Å². The summed E-state index contributed by atoms with van der Waals surface area (Å²) >= 11 is 0. The fraction of sp³-hybridized carbons (Fsp3) is 0.143. The van der Waals surface area contributed by atoms with Gasteiger partial charge in [0.25, 0.3) is 0 Å². The molecule has 4 aromatic rings. The Balaban J connectivity index is 1.32. The SMILES string of the molecule is NC(=O)/C(=C/c1c[nH]c2ncc(NC(=O)Cc3ccc(N4CCCC4=O)cc3)cc12)c1ccccc1. The summed E-state index contributed by atoms with van der Waals surface area (Å²) < 4.78 is 0. The van der Waals surface area contributed by atoms with E-state index in [2.05, 4.69) is 15.3 Å². The van der Waals surface area contributed by atoms with Crippen LogP contribution in [0.5, 0.6) is 0 Å². The summed E-state index contributed by atoms with van der Waals surface area (Å²) in [7, 11) is 0. The predicted molar refractivity (Wildman–Crippen MR) is 140 cm³/mol. The van der Waals surface area contributed by atoms with Crippen LogP contribution in [0.4, 0.5) is 11.4 Å². The first-order valence-corrected chi connectivity index (χ1v) is 11.7. The number of carbonyl (C=O) groups is 3. The number of aromatic amines is 1. The number of anilines is 2. The Kier molecular flexibility index (Phi) is 6.32. The van der Waals surface area contributed by atoms with Crippen molar-refractivity contribution in [3.8, 4) is 0 Å². The average Bonchev–Trinajstić information content (AvgIpc) is 3.49. The van der Waals surface area contributed by atoms with Gasteiger partial charge in [0.1, 0.15) is 5.65 Å². The van der Waals surface area contributed by atoms with E-state index in [1.54, 1.807) is 23.4 Å². The number of rotatable bonds is 7. The fourth-order valence-electron chi connectivity index (χ4n) is 4.39. The molecule has 0 saturated carbocycles. The summed E-state index contributed by atoms with van der Waals surface area (Å²) in [5.41, 5.74) is 10.3. The normalized spacial score (nSPS) is 13.8. The van der Waals surface area contributed by atoms with Crippen molar-refractivity contribution in [1.29, 1.82) is 0 Å². The number of hydrogen-bond acceptors (Lipinski definition) is 4. The van der Waals surface area contributed by atoms with Crippen LogP contribution < -0.4 is 16.0 Å². The van der Waals surface area contributed by atoms with Gasteiger partial charge in [-0.2, -0.15) is 0 Å². The minimum absolute atomic E-state index is 0.133. The molecule has 0 unspecified atom stereocenters. The highest BCUT2D eigenvalue weighted by Gasteiger charge is 2.21. The van der Waals surface area contributed by atoms with Crippen molar-refractivity contribution in [2.24, 2.45) is 5.73 Å². The van der Waals surface area contributed by atoms with Gasteiger partial charge in [0, 0.05) is 41.4 Å². The maximum atomic E-state index is 12.7. The van der Waals surface area contributed by atoms with Crippen molar-refractivity contribution in [2.75, 3.05) is 16.8 Å². The second kappa shape index (κ2) is 9.87. The highest BCUT2D eigenvalue weighted by molar-refractivity contribution is 6.24. The number of primary amides is 1. The van der Waals surface area contributed by atoms with Crippen LogP contribution in [0.1, 0.15) is 29.5 Å². The zero-order valence-corrected chi connectivity index (χ0v) is 19.5. The van der Waals surface area contributed by atoms with Gasteiger partial charge in [0.2, 0.25) is 17.7 Å². The molecule has 0 spiro atoms. The number of benzene rings is 2. The fourth-order valence-corrected chi connectivity index (χ4v) is 4.39. The second-order valence-electron chi connectivity index (χ2n) is 8.69. The van der Waals surface area contributed by atoms with Crippen LogP contribution in [0.2, 0.25) is 0 Å². The Bertz CT molecular complexity index is 1470. The largest absolute Gasteiger partial charge is 0.366 e. The van der Waals surface area contributed by atoms with E-state index in [-0.39, 0.29) is 18.2 Å². The van der Waals surface area contributed by atoms with Crippen molar-refractivity contribution in [1.82, 2.24) is 9.97 Å². The molecule has 36 heavy (non-hydrogen) atoms. The van der Waals surface area contributed by atoms with Crippen molar-refractivity contribution in [3.05, 3.63) is 89.7 Å². The standard InChI is InChI=1S/C28H25N5O3/c29-27(36)23(19-5-2-1-3-6-19)14-20-16-30-28-24(20)15-21(17-31-28)32-25(34)13-18-8-10-22(11-9-18)33-12-4-7-26(33)35/h1-3,5-6,8-11,14-17H,4,7,12-13H2,(H2,29,36)(H,30,31)(H,32,34)/b23-14+. The first kappa shape index (κ1) is 23.0. The summed E-state index contributed by atoms with van der Waals surface area (Å²) in [6.07, 6.45) is 6.69. The third kappa shape index (κ3) is 4.88. The molecule has 1 fully saturated rings. The van der Waals surface area contributed by atoms with Gasteiger partial charge in [-0.1, -0.05) is 42.5 Å². The Morgan fingerprint density at radius 3 is 2.58 bits per heavy atom. The zero-order valence-electron chi connectivity index (χ0n) is 19.5. The lowest BCUT2D eigenvalue weighted by Gasteiger charge is -2.15. The highest BCUT2D eigenvalue weighted by Crippen LogP contribution is 2.26. The summed E-state index contributed by atoms with van der Waals surface area (Å²) in [6, 6.07) is 18.5. The summed E-state index contributed by atoms with van der Waals surface area (Å²) in [5.74, 6) is -0.585. The maximum Gasteiger partial charge on any atom is 0.249 e. The topological polar surface area (TPSA) is 121 Å². The molecule has 1 aliphatic rings. The smallest absolute Gasteiger partial charge is 0.249 e. The molecule has 3 amide bonds. The quantitative estimate of drug-likeness (QED) is 0.348. The first-order chi connectivity index (χ1) is 17.5. The van der Waals surface area contributed by atoms with Gasteiger partial charge in [-0.25, -0.2) is 4.98 Å². The van der Waals surface area contributed by atoms with E-state index >= 15 is 0 Å². The van der Waals surface area contributed by atoms with Gasteiger partial charge in [0.15, 0.2) is 0 Å². The molecule has 8 heteroatoms. The third-order valence-corrected chi connectivity index (χ3v) is 6.18. The molecule has 1 aliphatic heterocycles. The molecular weight excluding hydrogens is 454 g/mol. The lowest BCUT2D eigenvalue weighted by molar-refractivity contribution is -0.117. The van der Waals surface area contributed by atoms with Gasteiger partial charge in [-0.3, -0.25) is 14.4 Å². The van der Waals surface area contributed by atoms with E-state index in [9.17, 15) is 14.4 Å². The number of nitrogens with two attached hydrogens (primary N) is 1. The van der Waals surface area contributed by atoms with Crippen LogP contribution in [-0.2, 0) is 20.8 Å². The van der Waals surface area contributed by atoms with Crippen LogP contribution >= 0.6 is 0 Å². The molecule has 3 heterocycles. The van der Waals surface area contributed by atoms with Gasteiger partial charge >= 0.3 is 0 Å². The first-order valence-electron chi connectivity index (χ1n) is 11.7. The van der Waals surface area contributed by atoms with Gasteiger partial charge in [-0.05, 0) is 41.8 Å². The van der Waals surface area contributed by atoms with Gasteiger partial charge < -0.3 is 20.9 Å². The number of aromatic nitrogens is 2. The lowest BCUT2D eigenvalue weighted by Crippen LogP contribution is -2.23. The minimum atomic E-state index is -0.534. The second-order valence-corrected chi connectivity index (χ2v) is 8.69. The van der Waals surface area contributed by atoms with Crippen LogP contribution in [-0.4, -0.2) is 34.2 Å². The van der Waals surface area contributed by atoms with E-state index in [4.69, 9.17) is 5.73 Å². The Morgan fingerprint density at radius 2 is 1.89 bits per heavy atom. The molecule has 5 rings (SSSR count). The van der Waals surface area contributed by atoms with Crippen molar-refractivity contribution in [2.45, 2.75) is 19.3 Å². The number of nitrogens with zero attached hydrogens (tertiary/aromatic N) is 2. The average molecular weight is 480 g/mol. The van der Waals surface area contributed by atoms with Gasteiger partial charge in [0.05, 0.1) is 18.3 Å². The number of fused-ring (bicyclic) bond motifs is 1. The van der Waals surface area contributed by atoms with E-state index in [1.165, 1.54) is 0 Å². The maximum absolute atomic E-state index is 12.7. The molecule has 0 radical (unpaired) electrons. The third-order valence-electron chi connectivity index (χ3n) is 6.18. The number of nitrogens with one attached hydrogen (secondary N) is 2. The molecule has 0 aliphatic carbocycles. The van der Waals surface area contributed by atoms with Crippen molar-refractivity contribution >= 4 is 51.8 Å². The molecule has 2 aromatic carbocycles. The zero-order chi connectivity index (χ0) is 25.1. The molecule has 4 N–H and O–H groups in total. The van der Waals surface area contributed by atoms with Crippen molar-refractivity contribution in [3.63, 3.8) is 0 Å². The minimum Gasteiger partial charge on any atom is -0.366 e. The molecule has 0 bridgehead atoms. The Morgan fingerprint density at radius 1 is 1.11 bits per heavy atom. The van der Waals surface area contributed by atoms with Crippen LogP contribution in [0.3, 0.4) is 0 Å². The molecule has 8 nitrogen and oxygen atoms in total. The molecule has 1 saturated heterocycles. The molecule has 2 aromatic heterocycles. The summed E-state index contributed by atoms with van der Waals surface area (Å²) in [6.45, 7) is 0.733. The van der Waals surface area contributed by atoms with Gasteiger partial charge in [-0.15, -0.1) is 0 Å². The van der Waals surface area contributed by atoms with Crippen LogP contribution in [0.25, 0.3) is 22.7 Å². The van der Waals surface area contributed by atoms with Crippen LogP contribution in [0, 0.1) is 0 Å². The number of pyridine rings is 1. The Labute approximate surface area is 207 Å². The predicted octanol–water partition coefficient (Wildman–Crippen LogP) is 3.90. The lowest BCUT2D eigenvalue weighted by atomic mass is 10.0. The van der Waals surface area contributed by atoms with Crippen LogP contribution in [0.15, 0.2) is 73.1 Å².